The summed E-state index contributed by atoms with van der Waals surface area (Å²) < 4.78 is 0. The largest absolute Gasteiger partial charge is 0.365 e. The van der Waals surface area contributed by atoms with Gasteiger partial charge in [-0.05, 0) is 18.6 Å². The first kappa shape index (κ1) is 11.6. The summed E-state index contributed by atoms with van der Waals surface area (Å²) in [6.07, 6.45) is 0.973. The third kappa shape index (κ3) is 4.02. The Labute approximate surface area is 91.1 Å². The number of rotatable bonds is 5. The molecule has 0 spiro atoms. The molecule has 0 atom stereocenters. The van der Waals surface area contributed by atoms with Crippen LogP contribution < -0.4 is 10.2 Å². The highest BCUT2D eigenvalue weighted by molar-refractivity contribution is 5.81. The van der Waals surface area contributed by atoms with E-state index in [1.165, 1.54) is 0 Å². The predicted molar refractivity (Wildman–Crippen MR) is 63.0 cm³/mol. The molecule has 1 N–H and O–H groups in total. The van der Waals surface area contributed by atoms with Crippen LogP contribution in [0.2, 0.25) is 0 Å². The van der Waals surface area contributed by atoms with Crippen molar-refractivity contribution in [2.75, 3.05) is 25.0 Å². The van der Waals surface area contributed by atoms with E-state index in [-0.39, 0.29) is 5.91 Å². The van der Waals surface area contributed by atoms with Crippen molar-refractivity contribution < 1.29 is 4.79 Å². The zero-order valence-electron chi connectivity index (χ0n) is 9.36. The van der Waals surface area contributed by atoms with Gasteiger partial charge in [0.2, 0.25) is 5.91 Å². The minimum absolute atomic E-state index is 0.0724. The molecule has 0 heterocycles. The van der Waals surface area contributed by atoms with Crippen LogP contribution in [0.1, 0.15) is 13.3 Å². The van der Waals surface area contributed by atoms with Crippen LogP contribution in [0.15, 0.2) is 30.3 Å². The number of nitrogens with zero attached hydrogens (tertiary/aromatic N) is 1. The Kier molecular flexibility index (Phi) is 4.68. The van der Waals surface area contributed by atoms with Crippen molar-refractivity contribution in [3.05, 3.63) is 30.3 Å². The Morgan fingerprint density at radius 2 is 2.00 bits per heavy atom. The standard InChI is InChI=1S/C12H18N2O/c1-3-9-13-12(15)10-14(2)11-7-5-4-6-8-11/h4-8H,3,9-10H2,1-2H3,(H,13,15). The van der Waals surface area contributed by atoms with Crippen LogP contribution in [0.25, 0.3) is 0 Å². The summed E-state index contributed by atoms with van der Waals surface area (Å²) in [4.78, 5) is 13.4. The summed E-state index contributed by atoms with van der Waals surface area (Å²) >= 11 is 0. The van der Waals surface area contributed by atoms with Crippen LogP contribution in [0.3, 0.4) is 0 Å². The lowest BCUT2D eigenvalue weighted by atomic mass is 10.3. The van der Waals surface area contributed by atoms with Crippen molar-refractivity contribution in [3.8, 4) is 0 Å². The Morgan fingerprint density at radius 1 is 1.33 bits per heavy atom. The van der Waals surface area contributed by atoms with Crippen molar-refractivity contribution in [3.63, 3.8) is 0 Å². The van der Waals surface area contributed by atoms with Gasteiger partial charge in [0, 0.05) is 19.3 Å². The zero-order valence-corrected chi connectivity index (χ0v) is 9.36. The molecule has 3 nitrogen and oxygen atoms in total. The molecule has 0 bridgehead atoms. The maximum Gasteiger partial charge on any atom is 0.239 e. The number of carbonyl (C=O) groups excluding carboxylic acids is 1. The molecule has 3 heteroatoms. The van der Waals surface area contributed by atoms with Crippen LogP contribution in [-0.4, -0.2) is 26.0 Å². The summed E-state index contributed by atoms with van der Waals surface area (Å²) in [6, 6.07) is 9.89. The van der Waals surface area contributed by atoms with E-state index >= 15 is 0 Å². The predicted octanol–water partition coefficient (Wildman–Crippen LogP) is 1.65. The Hall–Kier alpha value is -1.51. The molecule has 1 amide bonds. The minimum atomic E-state index is 0.0724. The average Bonchev–Trinajstić information content (AvgIpc) is 2.27. The fourth-order valence-electron chi connectivity index (χ4n) is 1.31. The molecule has 1 aromatic carbocycles. The van der Waals surface area contributed by atoms with Crippen molar-refractivity contribution >= 4 is 11.6 Å². The normalized spacial score (nSPS) is 9.73. The maximum absolute atomic E-state index is 11.4. The number of carbonyl (C=O) groups is 1. The number of anilines is 1. The second-order valence-corrected chi connectivity index (χ2v) is 3.54. The summed E-state index contributed by atoms with van der Waals surface area (Å²) in [5, 5.41) is 2.85. The second kappa shape index (κ2) is 6.06. The lowest BCUT2D eigenvalue weighted by Gasteiger charge is -2.18. The fourth-order valence-corrected chi connectivity index (χ4v) is 1.31. The van der Waals surface area contributed by atoms with Gasteiger partial charge in [-0.25, -0.2) is 0 Å². The quantitative estimate of drug-likeness (QED) is 0.794. The molecule has 0 aliphatic rings. The number of nitrogens with one attached hydrogen (secondary N) is 1. The van der Waals surface area contributed by atoms with Gasteiger partial charge in [-0.2, -0.15) is 0 Å². The number of likely N-dealkylation sites (N-methyl/N-ethyl adjacent to an activating group) is 1. The van der Waals surface area contributed by atoms with Gasteiger partial charge < -0.3 is 10.2 Å². The molecular weight excluding hydrogens is 188 g/mol. The highest BCUT2D eigenvalue weighted by atomic mass is 16.2. The molecule has 0 radical (unpaired) electrons. The van der Waals surface area contributed by atoms with E-state index in [4.69, 9.17) is 0 Å². The smallest absolute Gasteiger partial charge is 0.239 e. The topological polar surface area (TPSA) is 32.3 Å². The van der Waals surface area contributed by atoms with Crippen molar-refractivity contribution in [2.24, 2.45) is 0 Å². The minimum Gasteiger partial charge on any atom is -0.365 e. The Balaban J connectivity index is 2.42. The van der Waals surface area contributed by atoms with E-state index < -0.39 is 0 Å². The molecule has 15 heavy (non-hydrogen) atoms. The number of para-hydroxylation sites is 1. The van der Waals surface area contributed by atoms with E-state index in [1.807, 2.05) is 49.2 Å². The number of hydrogen-bond donors (Lipinski definition) is 1. The van der Waals surface area contributed by atoms with Crippen LogP contribution in [-0.2, 0) is 4.79 Å². The van der Waals surface area contributed by atoms with Gasteiger partial charge >= 0.3 is 0 Å². The van der Waals surface area contributed by atoms with Crippen LogP contribution in [0.5, 0.6) is 0 Å². The SMILES string of the molecule is CCCNC(=O)CN(C)c1ccccc1. The molecule has 0 aliphatic heterocycles. The van der Waals surface area contributed by atoms with Gasteiger partial charge in [-0.15, -0.1) is 0 Å². The first-order valence-electron chi connectivity index (χ1n) is 5.27. The monoisotopic (exact) mass is 206 g/mol. The first-order chi connectivity index (χ1) is 7.24. The van der Waals surface area contributed by atoms with Gasteiger partial charge in [0.05, 0.1) is 6.54 Å². The second-order valence-electron chi connectivity index (χ2n) is 3.54. The van der Waals surface area contributed by atoms with Gasteiger partial charge in [0.25, 0.3) is 0 Å². The Morgan fingerprint density at radius 3 is 2.60 bits per heavy atom. The molecule has 0 fully saturated rings. The van der Waals surface area contributed by atoms with Gasteiger partial charge in [0.1, 0.15) is 0 Å². The maximum atomic E-state index is 11.4. The average molecular weight is 206 g/mol. The van der Waals surface area contributed by atoms with E-state index in [2.05, 4.69) is 5.32 Å². The van der Waals surface area contributed by atoms with Crippen LogP contribution in [0.4, 0.5) is 5.69 Å². The highest BCUT2D eigenvalue weighted by Gasteiger charge is 2.05. The van der Waals surface area contributed by atoms with Crippen molar-refractivity contribution in [1.29, 1.82) is 0 Å². The van der Waals surface area contributed by atoms with Crippen molar-refractivity contribution in [1.82, 2.24) is 5.32 Å². The molecule has 1 rings (SSSR count). The van der Waals surface area contributed by atoms with Crippen LogP contribution >= 0.6 is 0 Å². The number of amides is 1. The molecule has 0 unspecified atom stereocenters. The van der Waals surface area contributed by atoms with Gasteiger partial charge in [-0.3, -0.25) is 4.79 Å². The van der Waals surface area contributed by atoms with Crippen LogP contribution in [0, 0.1) is 0 Å². The van der Waals surface area contributed by atoms with E-state index in [0.717, 1.165) is 18.7 Å². The lowest BCUT2D eigenvalue weighted by molar-refractivity contribution is -0.119. The molecule has 0 saturated carbocycles. The third-order valence-corrected chi connectivity index (χ3v) is 2.15. The van der Waals surface area contributed by atoms with E-state index in [1.54, 1.807) is 0 Å². The molecule has 1 aromatic rings. The molecule has 0 saturated heterocycles. The zero-order chi connectivity index (χ0) is 11.1. The van der Waals surface area contributed by atoms with E-state index in [0.29, 0.717) is 6.54 Å². The summed E-state index contributed by atoms with van der Waals surface area (Å²) in [6.45, 7) is 3.20. The van der Waals surface area contributed by atoms with Gasteiger partial charge in [-0.1, -0.05) is 25.1 Å². The Bertz CT molecular complexity index is 298. The summed E-state index contributed by atoms with van der Waals surface area (Å²) in [7, 11) is 1.92. The summed E-state index contributed by atoms with van der Waals surface area (Å²) in [5.74, 6) is 0.0724. The molecular formula is C12H18N2O. The summed E-state index contributed by atoms with van der Waals surface area (Å²) in [5.41, 5.74) is 1.06. The molecule has 82 valence electrons. The third-order valence-electron chi connectivity index (χ3n) is 2.15. The first-order valence-corrected chi connectivity index (χ1v) is 5.27. The lowest BCUT2D eigenvalue weighted by Crippen LogP contribution is -2.35. The van der Waals surface area contributed by atoms with E-state index in [9.17, 15) is 4.79 Å². The molecule has 0 aliphatic carbocycles. The molecule has 0 aromatic heterocycles. The number of hydrogen-bond acceptors (Lipinski definition) is 2. The number of benzene rings is 1. The van der Waals surface area contributed by atoms with Gasteiger partial charge in [0.15, 0.2) is 0 Å². The highest BCUT2D eigenvalue weighted by Crippen LogP contribution is 2.09. The van der Waals surface area contributed by atoms with Crippen molar-refractivity contribution in [2.45, 2.75) is 13.3 Å². The fraction of sp³-hybridized carbons (Fsp3) is 0.417.